The van der Waals surface area contributed by atoms with Gasteiger partial charge in [-0.05, 0) is 48.7 Å². The van der Waals surface area contributed by atoms with E-state index >= 15 is 0 Å². The Morgan fingerprint density at radius 2 is 1.72 bits per heavy atom. The van der Waals surface area contributed by atoms with E-state index < -0.39 is 0 Å². The van der Waals surface area contributed by atoms with Crippen molar-refractivity contribution < 1.29 is 0 Å². The average Bonchev–Trinajstić information content (AvgIpc) is 3.34. The Labute approximate surface area is 185 Å². The number of nitrogens with one attached hydrogen (secondary N) is 1. The van der Waals surface area contributed by atoms with Crippen molar-refractivity contribution in [2.75, 3.05) is 0 Å². The molecule has 0 aliphatic carbocycles. The number of rotatable bonds is 7. The number of guanidine groups is 1. The van der Waals surface area contributed by atoms with Gasteiger partial charge in [-0.2, -0.15) is 0 Å². The number of aliphatic imine (C=N–C) groups is 1. The Kier molecular flexibility index (Phi) is 5.29. The predicted molar refractivity (Wildman–Crippen MR) is 129 cm³/mol. The predicted octanol–water partition coefficient (Wildman–Crippen LogP) is 4.04. The zero-order valence-electron chi connectivity index (χ0n) is 17.7. The van der Waals surface area contributed by atoms with E-state index in [0.717, 1.165) is 53.1 Å². The summed E-state index contributed by atoms with van der Waals surface area (Å²) in [6.45, 7) is 0.902. The summed E-state index contributed by atoms with van der Waals surface area (Å²) in [5.41, 5.74) is 17.0. The minimum absolute atomic E-state index is 0.0355. The Morgan fingerprint density at radius 1 is 0.906 bits per heavy atom. The number of nitrogens with zero attached hydrogens (tertiary/aromatic N) is 4. The van der Waals surface area contributed by atoms with Crippen molar-refractivity contribution in [1.82, 2.24) is 19.5 Å². The number of aromatic amines is 1. The minimum Gasteiger partial charge on any atom is -0.370 e. The van der Waals surface area contributed by atoms with Crippen LogP contribution in [0.5, 0.6) is 0 Å². The van der Waals surface area contributed by atoms with E-state index in [1.807, 2.05) is 24.3 Å². The second kappa shape index (κ2) is 8.55. The van der Waals surface area contributed by atoms with Gasteiger partial charge in [0.05, 0.1) is 34.2 Å². The third-order valence-electron chi connectivity index (χ3n) is 5.52. The van der Waals surface area contributed by atoms with Crippen molar-refractivity contribution in [2.24, 2.45) is 16.5 Å². The zero-order chi connectivity index (χ0) is 21.9. The van der Waals surface area contributed by atoms with Gasteiger partial charge >= 0.3 is 0 Å². The van der Waals surface area contributed by atoms with Crippen LogP contribution in [0.25, 0.3) is 22.1 Å². The van der Waals surface area contributed by atoms with E-state index in [1.54, 1.807) is 0 Å². The molecule has 5 aromatic rings. The molecule has 0 amide bonds. The lowest BCUT2D eigenvalue weighted by Gasteiger charge is -2.09. The van der Waals surface area contributed by atoms with Crippen molar-refractivity contribution in [3.63, 3.8) is 0 Å². The highest BCUT2D eigenvalue weighted by Crippen LogP contribution is 2.22. The van der Waals surface area contributed by atoms with Gasteiger partial charge in [0, 0.05) is 6.54 Å². The highest BCUT2D eigenvalue weighted by atomic mass is 15.1. The van der Waals surface area contributed by atoms with Gasteiger partial charge in [0.25, 0.3) is 0 Å². The second-order valence-corrected chi connectivity index (χ2v) is 7.86. The first-order chi connectivity index (χ1) is 15.7. The largest absolute Gasteiger partial charge is 0.370 e. The third-order valence-corrected chi connectivity index (χ3v) is 5.52. The van der Waals surface area contributed by atoms with Gasteiger partial charge < -0.3 is 21.0 Å². The van der Waals surface area contributed by atoms with Gasteiger partial charge in [-0.25, -0.2) is 15.0 Å². The first kappa shape index (κ1) is 19.8. The number of nitrogens with two attached hydrogens (primary N) is 2. The van der Waals surface area contributed by atoms with E-state index in [-0.39, 0.29) is 5.96 Å². The molecule has 5 rings (SSSR count). The van der Waals surface area contributed by atoms with E-state index in [1.165, 1.54) is 5.56 Å². The van der Waals surface area contributed by atoms with Crippen LogP contribution >= 0.6 is 0 Å². The summed E-state index contributed by atoms with van der Waals surface area (Å²) in [6.07, 6.45) is 2.69. The number of hydrogen-bond donors (Lipinski definition) is 3. The van der Waals surface area contributed by atoms with Crippen LogP contribution in [-0.2, 0) is 19.4 Å². The summed E-state index contributed by atoms with van der Waals surface area (Å²) in [4.78, 5) is 17.2. The maximum absolute atomic E-state index is 5.50. The van der Waals surface area contributed by atoms with Crippen molar-refractivity contribution in [3.8, 4) is 0 Å². The molecule has 0 saturated heterocycles. The lowest BCUT2D eigenvalue weighted by molar-refractivity contribution is 0.629. The van der Waals surface area contributed by atoms with Crippen molar-refractivity contribution >= 4 is 33.7 Å². The molecule has 32 heavy (non-hydrogen) atoms. The SMILES string of the molecule is NC(N)=Nc1ccc2nc(Cc3nc4ccccc4n3CCCc3ccccc3)[nH]c2c1. The number of hydrogen-bond acceptors (Lipinski definition) is 3. The van der Waals surface area contributed by atoms with E-state index in [0.29, 0.717) is 12.1 Å². The Morgan fingerprint density at radius 3 is 2.56 bits per heavy atom. The van der Waals surface area contributed by atoms with Gasteiger partial charge in [-0.3, -0.25) is 0 Å². The highest BCUT2D eigenvalue weighted by molar-refractivity contribution is 5.83. The summed E-state index contributed by atoms with van der Waals surface area (Å²) in [5, 5.41) is 0. The summed E-state index contributed by atoms with van der Waals surface area (Å²) in [5.74, 6) is 1.90. The lowest BCUT2D eigenvalue weighted by Crippen LogP contribution is -2.21. The quantitative estimate of drug-likeness (QED) is 0.271. The molecule has 0 spiro atoms. The van der Waals surface area contributed by atoms with Crippen LogP contribution in [0.2, 0.25) is 0 Å². The molecule has 0 saturated carbocycles. The smallest absolute Gasteiger partial charge is 0.191 e. The van der Waals surface area contributed by atoms with Crippen LogP contribution in [0, 0.1) is 0 Å². The molecule has 7 heteroatoms. The highest BCUT2D eigenvalue weighted by Gasteiger charge is 2.13. The number of para-hydroxylation sites is 2. The minimum atomic E-state index is 0.0355. The molecular weight excluding hydrogens is 398 g/mol. The van der Waals surface area contributed by atoms with Gasteiger partial charge in [0.1, 0.15) is 11.6 Å². The molecule has 3 aromatic carbocycles. The summed E-state index contributed by atoms with van der Waals surface area (Å²) >= 11 is 0. The fourth-order valence-electron chi connectivity index (χ4n) is 4.10. The molecule has 0 aliphatic rings. The number of aromatic nitrogens is 4. The Balaban J connectivity index is 1.42. The van der Waals surface area contributed by atoms with E-state index in [4.69, 9.17) is 21.4 Å². The molecule has 5 N–H and O–H groups in total. The van der Waals surface area contributed by atoms with Crippen LogP contribution in [0.1, 0.15) is 23.6 Å². The molecule has 0 aliphatic heterocycles. The Hall–Kier alpha value is -4.13. The lowest BCUT2D eigenvalue weighted by atomic mass is 10.1. The van der Waals surface area contributed by atoms with Crippen LogP contribution in [0.4, 0.5) is 5.69 Å². The molecule has 2 aromatic heterocycles. The normalized spacial score (nSPS) is 11.2. The number of benzene rings is 3. The average molecular weight is 424 g/mol. The van der Waals surface area contributed by atoms with Crippen LogP contribution < -0.4 is 11.5 Å². The number of fused-ring (bicyclic) bond motifs is 2. The molecule has 7 nitrogen and oxygen atoms in total. The van der Waals surface area contributed by atoms with Crippen LogP contribution in [0.3, 0.4) is 0 Å². The fraction of sp³-hybridized carbons (Fsp3) is 0.160. The van der Waals surface area contributed by atoms with Gasteiger partial charge in [-0.1, -0.05) is 42.5 Å². The van der Waals surface area contributed by atoms with Crippen molar-refractivity contribution in [2.45, 2.75) is 25.8 Å². The monoisotopic (exact) mass is 423 g/mol. The summed E-state index contributed by atoms with van der Waals surface area (Å²) < 4.78 is 2.32. The molecular formula is C25H25N7. The molecule has 0 atom stereocenters. The molecule has 2 heterocycles. The molecule has 0 bridgehead atoms. The van der Waals surface area contributed by atoms with Gasteiger partial charge in [0.15, 0.2) is 5.96 Å². The Bertz CT molecular complexity index is 1390. The van der Waals surface area contributed by atoms with Crippen molar-refractivity contribution in [1.29, 1.82) is 0 Å². The zero-order valence-corrected chi connectivity index (χ0v) is 17.7. The fourth-order valence-corrected chi connectivity index (χ4v) is 4.10. The van der Waals surface area contributed by atoms with Gasteiger partial charge in [0.2, 0.25) is 0 Å². The number of H-pyrrole nitrogens is 1. The van der Waals surface area contributed by atoms with Crippen molar-refractivity contribution in [3.05, 3.63) is 90.0 Å². The van der Waals surface area contributed by atoms with Crippen LogP contribution in [-0.4, -0.2) is 25.5 Å². The second-order valence-electron chi connectivity index (χ2n) is 7.86. The number of aryl methyl sites for hydroxylation is 2. The summed E-state index contributed by atoms with van der Waals surface area (Å²) in [7, 11) is 0. The number of imidazole rings is 2. The molecule has 160 valence electrons. The molecule has 0 fully saturated rings. The summed E-state index contributed by atoms with van der Waals surface area (Å²) in [6, 6.07) is 24.5. The third kappa shape index (κ3) is 4.18. The first-order valence-corrected chi connectivity index (χ1v) is 10.7. The van der Waals surface area contributed by atoms with Gasteiger partial charge in [-0.15, -0.1) is 0 Å². The topological polar surface area (TPSA) is 111 Å². The van der Waals surface area contributed by atoms with E-state index in [9.17, 15) is 0 Å². The van der Waals surface area contributed by atoms with Crippen LogP contribution in [0.15, 0.2) is 77.8 Å². The molecule has 0 radical (unpaired) electrons. The first-order valence-electron chi connectivity index (χ1n) is 10.7. The maximum atomic E-state index is 5.50. The maximum Gasteiger partial charge on any atom is 0.191 e. The van der Waals surface area contributed by atoms with E-state index in [2.05, 4.69) is 63.1 Å². The standard InChI is InChI=1S/C25H25N7/c26-25(27)28-18-12-13-19-21(15-18)30-23(29-19)16-24-31-20-10-4-5-11-22(20)32(24)14-6-9-17-7-2-1-3-8-17/h1-5,7-8,10-13,15H,6,9,14,16H2,(H,29,30)(H4,26,27,28). The molecule has 0 unspecified atom stereocenters.